The van der Waals surface area contributed by atoms with Crippen molar-refractivity contribution in [1.29, 1.82) is 0 Å². The first-order valence-electron chi connectivity index (χ1n) is 2.47. The topological polar surface area (TPSA) is 17.1 Å². The van der Waals surface area contributed by atoms with Gasteiger partial charge in [-0.25, -0.2) is 0 Å². The Balaban J connectivity index is 2.25. The fourth-order valence-electron chi connectivity index (χ4n) is 0.574. The third-order valence-corrected chi connectivity index (χ3v) is 7.95. The van der Waals surface area contributed by atoms with Crippen molar-refractivity contribution in [1.82, 2.24) is 0 Å². The Hall–Kier alpha value is 0.890. The van der Waals surface area contributed by atoms with E-state index in [1.54, 1.807) is 9.23 Å². The van der Waals surface area contributed by atoms with Crippen molar-refractivity contribution in [2.45, 2.75) is 17.5 Å². The van der Waals surface area contributed by atoms with Crippen molar-refractivity contribution in [2.24, 2.45) is 0 Å². The summed E-state index contributed by atoms with van der Waals surface area (Å²) in [6.07, 6.45) is 2.53. The molecule has 1 rings (SSSR count). The molecule has 0 N–H and O–H groups in total. The average molecular weight is 197 g/mol. The molecule has 0 atom stereocenters. The summed E-state index contributed by atoms with van der Waals surface area (Å²) in [5, 5.41) is 0. The third-order valence-electron chi connectivity index (χ3n) is 0.970. The molecule has 0 spiro atoms. The standard InChI is InChI=1S/C4H9S.Nb.O/c1-2-3-4-5;;/h5H,1-4H2;;/q;+1;/p-1. The van der Waals surface area contributed by atoms with Crippen LogP contribution in [-0.2, 0) is 20.3 Å². The molecular formula is C4H8NbOS. The number of rotatable bonds is 0. The Bertz CT molecular complexity index is 75.8. The van der Waals surface area contributed by atoms with Crippen LogP contribution in [0.25, 0.3) is 0 Å². The van der Waals surface area contributed by atoms with E-state index in [9.17, 15) is 3.25 Å². The van der Waals surface area contributed by atoms with E-state index in [4.69, 9.17) is 0 Å². The van der Waals surface area contributed by atoms with Crippen molar-refractivity contribution in [3.05, 3.63) is 0 Å². The van der Waals surface area contributed by atoms with Crippen LogP contribution in [0.4, 0.5) is 0 Å². The molecule has 1 heterocycles. The Kier molecular flexibility index (Phi) is 2.60. The van der Waals surface area contributed by atoms with Gasteiger partial charge < -0.3 is 0 Å². The molecule has 0 radical (unpaired) electrons. The van der Waals surface area contributed by atoms with Gasteiger partial charge >= 0.3 is 52.8 Å². The Morgan fingerprint density at radius 2 is 2.29 bits per heavy atom. The van der Waals surface area contributed by atoms with Gasteiger partial charge in [0.15, 0.2) is 0 Å². The van der Waals surface area contributed by atoms with Crippen LogP contribution >= 0.6 is 9.23 Å². The van der Waals surface area contributed by atoms with Gasteiger partial charge in [-0.15, -0.1) is 0 Å². The monoisotopic (exact) mass is 197 g/mol. The minimum atomic E-state index is -1.79. The van der Waals surface area contributed by atoms with Gasteiger partial charge in [0.1, 0.15) is 0 Å². The second-order valence-corrected chi connectivity index (χ2v) is 9.31. The molecule has 7 heavy (non-hydrogen) atoms. The molecule has 0 aliphatic carbocycles. The van der Waals surface area contributed by atoms with Crippen molar-refractivity contribution in [3.8, 4) is 0 Å². The minimum absolute atomic E-state index is 1.08. The Morgan fingerprint density at radius 3 is 2.57 bits per heavy atom. The molecule has 1 fully saturated rings. The van der Waals surface area contributed by atoms with Crippen LogP contribution in [0, 0.1) is 0 Å². The van der Waals surface area contributed by atoms with Crippen LogP contribution in [0.1, 0.15) is 12.8 Å². The second kappa shape index (κ2) is 3.02. The molecule has 0 saturated carbocycles. The van der Waals surface area contributed by atoms with Crippen molar-refractivity contribution in [2.75, 3.05) is 5.75 Å². The van der Waals surface area contributed by atoms with Gasteiger partial charge in [-0.05, 0) is 0 Å². The molecule has 0 amide bonds. The summed E-state index contributed by atoms with van der Waals surface area (Å²) in [7, 11) is 1.75. The predicted octanol–water partition coefficient (Wildman–Crippen LogP) is 1.81. The van der Waals surface area contributed by atoms with E-state index >= 15 is 0 Å². The summed E-state index contributed by atoms with van der Waals surface area (Å²) in [4.78, 5) is 0. The van der Waals surface area contributed by atoms with Crippen LogP contribution in [0.2, 0.25) is 4.64 Å². The third kappa shape index (κ3) is 2.08. The fraction of sp³-hybridized carbons (Fsp3) is 1.00. The van der Waals surface area contributed by atoms with Gasteiger partial charge in [0.2, 0.25) is 0 Å². The normalized spacial score (nSPS) is 22.6. The predicted molar refractivity (Wildman–Crippen MR) is 27.2 cm³/mol. The van der Waals surface area contributed by atoms with E-state index in [1.165, 1.54) is 18.6 Å². The maximum absolute atomic E-state index is 10.7. The molecule has 1 aliphatic heterocycles. The zero-order chi connectivity index (χ0) is 5.11. The van der Waals surface area contributed by atoms with E-state index in [2.05, 4.69) is 0 Å². The van der Waals surface area contributed by atoms with Gasteiger partial charge in [-0.2, -0.15) is 0 Å². The first-order valence-corrected chi connectivity index (χ1v) is 8.56. The Labute approximate surface area is 52.9 Å². The van der Waals surface area contributed by atoms with Gasteiger partial charge in [0.05, 0.1) is 0 Å². The van der Waals surface area contributed by atoms with Crippen LogP contribution in [-0.4, -0.2) is 5.75 Å². The number of hydrogen-bond acceptors (Lipinski definition) is 2. The molecule has 0 aromatic carbocycles. The molecule has 0 unspecified atom stereocenters. The SMILES string of the molecule is [O]=[Nb]1[CH2]CCC[S]1. The van der Waals surface area contributed by atoms with Crippen LogP contribution in [0.15, 0.2) is 0 Å². The van der Waals surface area contributed by atoms with E-state index in [-0.39, 0.29) is 0 Å². The second-order valence-electron chi connectivity index (χ2n) is 1.60. The van der Waals surface area contributed by atoms with Gasteiger partial charge in [0, 0.05) is 0 Å². The maximum atomic E-state index is 10.7. The molecule has 0 aromatic rings. The van der Waals surface area contributed by atoms with Crippen molar-refractivity contribution < 1.29 is 20.3 Å². The van der Waals surface area contributed by atoms with E-state index in [0.717, 1.165) is 4.64 Å². The van der Waals surface area contributed by atoms with Crippen LogP contribution < -0.4 is 0 Å². The molecule has 0 bridgehead atoms. The molecule has 41 valence electrons. The van der Waals surface area contributed by atoms with Crippen molar-refractivity contribution in [3.63, 3.8) is 0 Å². The van der Waals surface area contributed by atoms with E-state index < -0.39 is 17.1 Å². The molecule has 1 aliphatic rings. The summed E-state index contributed by atoms with van der Waals surface area (Å²) in [5.74, 6) is 1.17. The fourth-order valence-corrected chi connectivity index (χ4v) is 6.59. The van der Waals surface area contributed by atoms with Gasteiger partial charge in [-0.3, -0.25) is 0 Å². The number of hydrogen-bond donors (Lipinski definition) is 0. The molecular weight excluding hydrogens is 189 g/mol. The molecule has 0 aromatic heterocycles. The zero-order valence-corrected chi connectivity index (χ0v) is 7.11. The zero-order valence-electron chi connectivity index (χ0n) is 4.09. The summed E-state index contributed by atoms with van der Waals surface area (Å²) in [5.41, 5.74) is 0. The first-order chi connectivity index (χ1) is 3.39. The summed E-state index contributed by atoms with van der Waals surface area (Å²) in [6.45, 7) is 0. The first kappa shape index (κ1) is 6.02. The van der Waals surface area contributed by atoms with Crippen LogP contribution in [0.5, 0.6) is 0 Å². The van der Waals surface area contributed by atoms with Gasteiger partial charge in [-0.1, -0.05) is 0 Å². The molecule has 3 heteroatoms. The van der Waals surface area contributed by atoms with Crippen LogP contribution in [0.3, 0.4) is 0 Å². The molecule has 1 saturated heterocycles. The summed E-state index contributed by atoms with van der Waals surface area (Å²) >= 11 is -1.79. The van der Waals surface area contributed by atoms with Crippen molar-refractivity contribution >= 4 is 9.23 Å². The molecule has 1 nitrogen and oxygen atoms in total. The average Bonchev–Trinajstić information content (AvgIpc) is 1.69. The summed E-state index contributed by atoms with van der Waals surface area (Å²) < 4.78 is 11.8. The van der Waals surface area contributed by atoms with E-state index in [1.807, 2.05) is 0 Å². The van der Waals surface area contributed by atoms with E-state index in [0.29, 0.717) is 0 Å². The van der Waals surface area contributed by atoms with Gasteiger partial charge in [0.25, 0.3) is 0 Å². The quantitative estimate of drug-likeness (QED) is 0.551. The summed E-state index contributed by atoms with van der Waals surface area (Å²) in [6, 6.07) is 0. The Morgan fingerprint density at radius 1 is 1.43 bits per heavy atom.